The van der Waals surface area contributed by atoms with Gasteiger partial charge in [0.25, 0.3) is 5.56 Å². The summed E-state index contributed by atoms with van der Waals surface area (Å²) in [4.78, 5) is 26.7. The van der Waals surface area contributed by atoms with Crippen molar-refractivity contribution in [3.8, 4) is 0 Å². The minimum Gasteiger partial charge on any atom is -0.381 e. The third-order valence-electron chi connectivity index (χ3n) is 7.14. The monoisotopic (exact) mass is 485 g/mol. The Morgan fingerprint density at radius 3 is 2.81 bits per heavy atom. The molecule has 0 atom stereocenters. The largest absolute Gasteiger partial charge is 0.381 e. The number of fused-ring (bicyclic) bond motifs is 3. The molecule has 0 radical (unpaired) electrons. The lowest BCUT2D eigenvalue weighted by Crippen LogP contribution is -2.35. The third kappa shape index (κ3) is 3.76. The van der Waals surface area contributed by atoms with E-state index in [0.717, 1.165) is 59.5 Å². The van der Waals surface area contributed by atoms with Crippen LogP contribution in [0.3, 0.4) is 0 Å². The van der Waals surface area contributed by atoms with Crippen molar-refractivity contribution < 1.29 is 4.39 Å². The van der Waals surface area contributed by atoms with Gasteiger partial charge in [-0.1, -0.05) is 12.1 Å². The molecule has 2 aromatic heterocycles. The number of nitrogens with one attached hydrogen (secondary N) is 2. The van der Waals surface area contributed by atoms with Gasteiger partial charge in [-0.25, -0.2) is 9.37 Å². The summed E-state index contributed by atoms with van der Waals surface area (Å²) in [7, 11) is 3.76. The number of anilines is 5. The fraction of sp³-hybridized carbons (Fsp3) is 0.296. The second kappa shape index (κ2) is 8.60. The van der Waals surface area contributed by atoms with E-state index in [1.807, 2.05) is 29.2 Å². The summed E-state index contributed by atoms with van der Waals surface area (Å²) >= 11 is 0. The highest BCUT2D eigenvalue weighted by atomic mass is 19.1. The molecule has 0 unspecified atom stereocenters. The number of likely N-dealkylation sites (N-methyl/N-ethyl adjacent to an activating group) is 1. The van der Waals surface area contributed by atoms with Crippen molar-refractivity contribution in [2.24, 2.45) is 7.05 Å². The molecule has 0 aliphatic carbocycles. The number of benzene rings is 2. The summed E-state index contributed by atoms with van der Waals surface area (Å²) in [5.41, 5.74) is 6.53. The lowest BCUT2D eigenvalue weighted by Gasteiger charge is -2.32. The van der Waals surface area contributed by atoms with Gasteiger partial charge in [0.15, 0.2) is 0 Å². The van der Waals surface area contributed by atoms with Crippen molar-refractivity contribution in [3.05, 3.63) is 75.5 Å². The summed E-state index contributed by atoms with van der Waals surface area (Å²) in [6.45, 7) is 5.15. The number of aryl methyl sites for hydroxylation is 2. The average Bonchev–Trinajstić information content (AvgIpc) is 2.87. The van der Waals surface area contributed by atoms with Crippen molar-refractivity contribution in [1.29, 1.82) is 0 Å². The summed E-state index contributed by atoms with van der Waals surface area (Å²) in [6, 6.07) is 11.3. The highest BCUT2D eigenvalue weighted by molar-refractivity contribution is 5.85. The van der Waals surface area contributed by atoms with Crippen LogP contribution in [-0.2, 0) is 20.0 Å². The second-order valence-electron chi connectivity index (χ2n) is 9.63. The topological polar surface area (TPSA) is 78.3 Å². The van der Waals surface area contributed by atoms with Gasteiger partial charge in [-0.2, -0.15) is 4.98 Å². The number of pyridine rings is 1. The fourth-order valence-electron chi connectivity index (χ4n) is 5.19. The summed E-state index contributed by atoms with van der Waals surface area (Å²) in [5.74, 6) is -0.0877. The number of aromatic nitrogens is 3. The second-order valence-corrected chi connectivity index (χ2v) is 9.63. The van der Waals surface area contributed by atoms with Gasteiger partial charge in [0.1, 0.15) is 17.2 Å². The van der Waals surface area contributed by atoms with Crippen LogP contribution in [0, 0.1) is 12.7 Å². The first kappa shape index (κ1) is 22.5. The maximum absolute atomic E-state index is 14.8. The number of nitrogens with zero attached hydrogens (tertiary/aromatic N) is 5. The van der Waals surface area contributed by atoms with E-state index in [1.165, 1.54) is 4.57 Å². The van der Waals surface area contributed by atoms with Crippen LogP contribution in [0.4, 0.5) is 33.1 Å². The van der Waals surface area contributed by atoms with Crippen LogP contribution in [0.1, 0.15) is 16.7 Å². The van der Waals surface area contributed by atoms with Gasteiger partial charge in [-0.05, 0) is 61.3 Å². The van der Waals surface area contributed by atoms with Crippen molar-refractivity contribution in [2.75, 3.05) is 42.2 Å². The van der Waals surface area contributed by atoms with E-state index < -0.39 is 0 Å². The van der Waals surface area contributed by atoms with Crippen LogP contribution in [0.25, 0.3) is 11.0 Å². The maximum atomic E-state index is 14.8. The Bertz CT molecular complexity index is 1560. The van der Waals surface area contributed by atoms with Crippen molar-refractivity contribution in [3.63, 3.8) is 0 Å². The molecule has 8 nitrogen and oxygen atoms in total. The first-order chi connectivity index (χ1) is 17.4. The zero-order valence-corrected chi connectivity index (χ0v) is 20.6. The molecule has 2 N–H and O–H groups in total. The minimum atomic E-state index is -0.334. The van der Waals surface area contributed by atoms with E-state index in [0.29, 0.717) is 23.6 Å². The molecular formula is C27H28FN7O. The molecule has 2 aromatic carbocycles. The van der Waals surface area contributed by atoms with E-state index in [2.05, 4.69) is 45.5 Å². The smallest absolute Gasteiger partial charge is 0.275 e. The van der Waals surface area contributed by atoms with Crippen molar-refractivity contribution >= 4 is 39.7 Å². The van der Waals surface area contributed by atoms with Crippen LogP contribution in [0.15, 0.2) is 47.4 Å². The molecular weight excluding hydrogens is 457 g/mol. The Kier molecular flexibility index (Phi) is 5.37. The number of para-hydroxylation sites is 1. The van der Waals surface area contributed by atoms with E-state index in [9.17, 15) is 9.18 Å². The molecule has 0 spiro atoms. The van der Waals surface area contributed by atoms with Crippen LogP contribution in [-0.4, -0.2) is 46.1 Å². The van der Waals surface area contributed by atoms with Gasteiger partial charge in [-0.3, -0.25) is 9.36 Å². The Morgan fingerprint density at radius 1 is 1.08 bits per heavy atom. The number of hydrogen-bond donors (Lipinski definition) is 2. The molecule has 4 aromatic rings. The third-order valence-corrected chi connectivity index (χ3v) is 7.14. The van der Waals surface area contributed by atoms with Crippen LogP contribution >= 0.6 is 0 Å². The predicted molar refractivity (Wildman–Crippen MR) is 141 cm³/mol. The van der Waals surface area contributed by atoms with Crippen LogP contribution in [0.5, 0.6) is 0 Å². The molecule has 6 rings (SSSR count). The van der Waals surface area contributed by atoms with Gasteiger partial charge in [-0.15, -0.1) is 0 Å². The predicted octanol–water partition coefficient (Wildman–Crippen LogP) is 4.07. The van der Waals surface area contributed by atoms with Gasteiger partial charge in [0, 0.05) is 44.8 Å². The normalized spacial score (nSPS) is 15.4. The first-order valence-corrected chi connectivity index (χ1v) is 12.1. The van der Waals surface area contributed by atoms with Crippen LogP contribution in [0.2, 0.25) is 0 Å². The molecule has 2 aliphatic heterocycles. The van der Waals surface area contributed by atoms with Crippen molar-refractivity contribution in [1.82, 2.24) is 19.4 Å². The van der Waals surface area contributed by atoms with E-state index in [1.54, 1.807) is 19.3 Å². The quantitative estimate of drug-likeness (QED) is 0.453. The lowest BCUT2D eigenvalue weighted by atomic mass is 9.99. The average molecular weight is 486 g/mol. The molecule has 9 heteroatoms. The molecule has 184 valence electrons. The molecule has 4 heterocycles. The van der Waals surface area contributed by atoms with E-state index in [-0.39, 0.29) is 17.3 Å². The summed E-state index contributed by atoms with van der Waals surface area (Å²) in [6.07, 6.45) is 2.51. The van der Waals surface area contributed by atoms with Gasteiger partial charge in [0.05, 0.1) is 17.1 Å². The highest BCUT2D eigenvalue weighted by Gasteiger charge is 2.23. The maximum Gasteiger partial charge on any atom is 0.275 e. The first-order valence-electron chi connectivity index (χ1n) is 12.1. The molecule has 0 amide bonds. The Balaban J connectivity index is 1.37. The fourth-order valence-corrected chi connectivity index (χ4v) is 5.19. The van der Waals surface area contributed by atoms with Gasteiger partial charge in [0.2, 0.25) is 5.95 Å². The SMILES string of the molecule is Cc1cccc2c1NCCN2c1cc2cnc(Nc3cc4c(cc3F)CCN(C)C4)nc2n(C)c1=O. The van der Waals surface area contributed by atoms with Gasteiger partial charge >= 0.3 is 0 Å². The standard InChI is InChI=1S/C27H28FN7O/c1-16-5-4-6-22-24(16)29-8-10-35(22)23-13-18-14-30-27(32-25(18)34(3)26(23)36)31-21-12-19-15-33(2)9-7-17(19)11-20(21)28/h4-6,11-14,29H,7-10,15H2,1-3H3,(H,30,31,32). The van der Waals surface area contributed by atoms with Gasteiger partial charge < -0.3 is 20.4 Å². The van der Waals surface area contributed by atoms with E-state index >= 15 is 0 Å². The molecule has 0 bridgehead atoms. The zero-order valence-electron chi connectivity index (χ0n) is 20.6. The Hall–Kier alpha value is -3.98. The Labute approximate surface area is 208 Å². The molecule has 0 fully saturated rings. The van der Waals surface area contributed by atoms with Crippen LogP contribution < -0.4 is 21.1 Å². The number of halogens is 1. The number of rotatable bonds is 3. The Morgan fingerprint density at radius 2 is 1.94 bits per heavy atom. The van der Waals surface area contributed by atoms with E-state index in [4.69, 9.17) is 0 Å². The summed E-state index contributed by atoms with van der Waals surface area (Å²) in [5, 5.41) is 7.20. The zero-order chi connectivity index (χ0) is 25.0. The highest BCUT2D eigenvalue weighted by Crippen LogP contribution is 2.36. The molecule has 0 saturated heterocycles. The molecule has 36 heavy (non-hydrogen) atoms. The molecule has 0 saturated carbocycles. The van der Waals surface area contributed by atoms with Crippen molar-refractivity contribution in [2.45, 2.75) is 19.9 Å². The minimum absolute atomic E-state index is 0.149. The number of hydrogen-bond acceptors (Lipinski definition) is 7. The molecule has 2 aliphatic rings. The summed E-state index contributed by atoms with van der Waals surface area (Å²) < 4.78 is 16.4. The lowest BCUT2D eigenvalue weighted by molar-refractivity contribution is 0.312.